The van der Waals surface area contributed by atoms with Gasteiger partial charge < -0.3 is 10.4 Å². The summed E-state index contributed by atoms with van der Waals surface area (Å²) in [6.45, 7) is 0.309. The van der Waals surface area contributed by atoms with Crippen LogP contribution in [-0.2, 0) is 14.8 Å². The van der Waals surface area contributed by atoms with Gasteiger partial charge in [-0.2, -0.15) is 0 Å². The van der Waals surface area contributed by atoms with Crippen LogP contribution in [0, 0.1) is 5.92 Å². The molecule has 2 rings (SSSR count). The second-order valence-corrected chi connectivity index (χ2v) is 6.56. The first-order valence-corrected chi connectivity index (χ1v) is 7.99. The van der Waals surface area contributed by atoms with Crippen LogP contribution in [0.2, 0.25) is 0 Å². The van der Waals surface area contributed by atoms with Gasteiger partial charge in [-0.3, -0.25) is 4.79 Å². The Hall–Kier alpha value is -1.93. The minimum absolute atomic E-state index is 0.0129. The third kappa shape index (κ3) is 4.27. The predicted octanol–water partition coefficient (Wildman–Crippen LogP) is 0.189. The highest BCUT2D eigenvalue weighted by molar-refractivity contribution is 7.89. The lowest BCUT2D eigenvalue weighted by Gasteiger charge is -2.08. The van der Waals surface area contributed by atoms with Crippen LogP contribution >= 0.6 is 0 Å². The molecule has 0 aliphatic heterocycles. The second-order valence-electron chi connectivity index (χ2n) is 4.79. The van der Waals surface area contributed by atoms with Crippen LogP contribution in [0.25, 0.3) is 0 Å². The molecule has 3 N–H and O–H groups in total. The van der Waals surface area contributed by atoms with Crippen molar-refractivity contribution in [2.24, 2.45) is 5.92 Å². The van der Waals surface area contributed by atoms with Gasteiger partial charge in [-0.25, -0.2) is 17.9 Å². The Morgan fingerprint density at radius 2 is 1.76 bits per heavy atom. The number of carbonyl (C=O) groups excluding carboxylic acids is 1. The molecule has 1 saturated carbocycles. The fourth-order valence-electron chi connectivity index (χ4n) is 1.72. The Morgan fingerprint density at radius 1 is 1.14 bits per heavy atom. The lowest BCUT2D eigenvalue weighted by Crippen LogP contribution is -2.35. The Balaban J connectivity index is 1.85. The number of nitrogens with one attached hydrogen (secondary N) is 2. The van der Waals surface area contributed by atoms with E-state index in [0.717, 1.165) is 12.8 Å². The van der Waals surface area contributed by atoms with Crippen LogP contribution < -0.4 is 10.0 Å². The number of sulfonamides is 1. The highest BCUT2D eigenvalue weighted by Gasteiger charge is 2.29. The number of hydrogen-bond donors (Lipinski definition) is 3. The monoisotopic (exact) mass is 312 g/mol. The summed E-state index contributed by atoms with van der Waals surface area (Å²) in [5.74, 6) is -1.07. The molecule has 0 aromatic heterocycles. The topological polar surface area (TPSA) is 113 Å². The quantitative estimate of drug-likeness (QED) is 0.622. The Bertz CT molecular complexity index is 635. The maximum Gasteiger partial charge on any atom is 0.335 e. The van der Waals surface area contributed by atoms with Crippen molar-refractivity contribution in [3.63, 3.8) is 0 Å². The van der Waals surface area contributed by atoms with Gasteiger partial charge in [0.1, 0.15) is 0 Å². The van der Waals surface area contributed by atoms with E-state index in [-0.39, 0.29) is 35.4 Å². The van der Waals surface area contributed by atoms with Crippen LogP contribution in [0.5, 0.6) is 0 Å². The molecule has 0 atom stereocenters. The molecule has 1 aromatic rings. The third-order valence-electron chi connectivity index (χ3n) is 3.08. The van der Waals surface area contributed by atoms with Crippen LogP contribution in [0.1, 0.15) is 23.2 Å². The van der Waals surface area contributed by atoms with Crippen molar-refractivity contribution < 1.29 is 23.1 Å². The Labute approximate surface area is 122 Å². The molecule has 21 heavy (non-hydrogen) atoms. The maximum atomic E-state index is 11.9. The molecule has 7 nitrogen and oxygen atoms in total. The molecule has 1 aliphatic rings. The summed E-state index contributed by atoms with van der Waals surface area (Å²) in [4.78, 5) is 22.0. The van der Waals surface area contributed by atoms with Gasteiger partial charge in [-0.05, 0) is 37.1 Å². The van der Waals surface area contributed by atoms with E-state index in [1.807, 2.05) is 0 Å². The molecule has 1 aliphatic carbocycles. The molecule has 1 fully saturated rings. The average molecular weight is 312 g/mol. The second kappa shape index (κ2) is 6.23. The van der Waals surface area contributed by atoms with Gasteiger partial charge in [0.15, 0.2) is 0 Å². The third-order valence-corrected chi connectivity index (χ3v) is 4.55. The van der Waals surface area contributed by atoms with E-state index in [4.69, 9.17) is 5.11 Å². The summed E-state index contributed by atoms with van der Waals surface area (Å²) in [7, 11) is -3.70. The summed E-state index contributed by atoms with van der Waals surface area (Å²) in [5, 5.41) is 11.4. The molecule has 0 bridgehead atoms. The van der Waals surface area contributed by atoms with Crippen molar-refractivity contribution in [2.75, 3.05) is 13.1 Å². The van der Waals surface area contributed by atoms with Gasteiger partial charge >= 0.3 is 5.97 Å². The van der Waals surface area contributed by atoms with E-state index in [1.54, 1.807) is 0 Å². The largest absolute Gasteiger partial charge is 0.478 e. The van der Waals surface area contributed by atoms with Gasteiger partial charge in [0, 0.05) is 19.0 Å². The maximum absolute atomic E-state index is 11.9. The molecule has 0 radical (unpaired) electrons. The van der Waals surface area contributed by atoms with Crippen molar-refractivity contribution in [2.45, 2.75) is 17.7 Å². The molecule has 8 heteroatoms. The van der Waals surface area contributed by atoms with Gasteiger partial charge in [-0.15, -0.1) is 0 Å². The van der Waals surface area contributed by atoms with Crippen LogP contribution in [-0.4, -0.2) is 38.5 Å². The summed E-state index contributed by atoms with van der Waals surface area (Å²) >= 11 is 0. The zero-order valence-electron chi connectivity index (χ0n) is 11.2. The lowest BCUT2D eigenvalue weighted by atomic mass is 10.2. The fourth-order valence-corrected chi connectivity index (χ4v) is 2.75. The van der Waals surface area contributed by atoms with E-state index >= 15 is 0 Å². The molecule has 1 aromatic carbocycles. The molecule has 0 unspecified atom stereocenters. The summed E-state index contributed by atoms with van der Waals surface area (Å²) in [5.41, 5.74) is 0.0191. The van der Waals surface area contributed by atoms with E-state index in [0.29, 0.717) is 0 Å². The summed E-state index contributed by atoms with van der Waals surface area (Å²) < 4.78 is 26.2. The summed E-state index contributed by atoms with van der Waals surface area (Å²) in [6, 6.07) is 4.92. The number of carboxylic acid groups (broad SMARTS) is 1. The molecule has 0 spiro atoms. The minimum atomic E-state index is -3.70. The smallest absolute Gasteiger partial charge is 0.335 e. The van der Waals surface area contributed by atoms with Gasteiger partial charge in [0.25, 0.3) is 0 Å². The summed E-state index contributed by atoms with van der Waals surface area (Å²) in [6.07, 6.45) is 1.79. The molecule has 114 valence electrons. The number of aromatic carboxylic acids is 1. The normalized spacial score (nSPS) is 14.7. The molecular formula is C13H16N2O5S. The van der Waals surface area contributed by atoms with E-state index < -0.39 is 16.0 Å². The van der Waals surface area contributed by atoms with Crippen molar-refractivity contribution in [3.8, 4) is 0 Å². The van der Waals surface area contributed by atoms with Crippen molar-refractivity contribution in [1.82, 2.24) is 10.0 Å². The average Bonchev–Trinajstić information content (AvgIpc) is 3.28. The first-order chi connectivity index (χ1) is 9.90. The number of hydrogen-bond acceptors (Lipinski definition) is 4. The number of benzene rings is 1. The minimum Gasteiger partial charge on any atom is -0.478 e. The first-order valence-electron chi connectivity index (χ1n) is 6.51. The zero-order chi connectivity index (χ0) is 15.5. The lowest BCUT2D eigenvalue weighted by molar-refractivity contribution is -0.122. The zero-order valence-corrected chi connectivity index (χ0v) is 12.0. The van der Waals surface area contributed by atoms with Crippen LogP contribution in [0.3, 0.4) is 0 Å². The van der Waals surface area contributed by atoms with Crippen molar-refractivity contribution in [3.05, 3.63) is 29.8 Å². The van der Waals surface area contributed by atoms with Gasteiger partial charge in [0.05, 0.1) is 10.5 Å². The number of carboxylic acids is 1. The fraction of sp³-hybridized carbons (Fsp3) is 0.385. The van der Waals surface area contributed by atoms with Crippen LogP contribution in [0.4, 0.5) is 0 Å². The highest BCUT2D eigenvalue weighted by Crippen LogP contribution is 2.28. The number of rotatable bonds is 7. The van der Waals surface area contributed by atoms with Gasteiger partial charge in [0.2, 0.25) is 15.9 Å². The molecule has 1 amide bonds. The number of carbonyl (C=O) groups is 2. The number of amides is 1. The molecular weight excluding hydrogens is 296 g/mol. The Kier molecular flexibility index (Phi) is 4.59. The van der Waals surface area contributed by atoms with E-state index in [1.165, 1.54) is 24.3 Å². The SMILES string of the molecule is O=C(O)c1ccc(S(=O)(=O)NCCNC(=O)C2CC2)cc1. The van der Waals surface area contributed by atoms with E-state index in [2.05, 4.69) is 10.0 Å². The van der Waals surface area contributed by atoms with E-state index in [9.17, 15) is 18.0 Å². The standard InChI is InChI=1S/C13H16N2O5S/c16-12(9-1-2-9)14-7-8-15-21(19,20)11-5-3-10(4-6-11)13(17)18/h3-6,9,15H,1-2,7-8H2,(H,14,16)(H,17,18). The first kappa shape index (κ1) is 15.5. The molecule has 0 heterocycles. The molecule has 0 saturated heterocycles. The van der Waals surface area contributed by atoms with Gasteiger partial charge in [-0.1, -0.05) is 0 Å². The van der Waals surface area contributed by atoms with Crippen molar-refractivity contribution in [1.29, 1.82) is 0 Å². The predicted molar refractivity (Wildman–Crippen MR) is 74.3 cm³/mol. The Morgan fingerprint density at radius 3 is 2.29 bits per heavy atom. The van der Waals surface area contributed by atoms with Crippen molar-refractivity contribution >= 4 is 21.9 Å². The van der Waals surface area contributed by atoms with Crippen LogP contribution in [0.15, 0.2) is 29.2 Å². The highest BCUT2D eigenvalue weighted by atomic mass is 32.2.